The van der Waals surface area contributed by atoms with Gasteiger partial charge >= 0.3 is 0 Å². The summed E-state index contributed by atoms with van der Waals surface area (Å²) in [6.45, 7) is 5.73. The molecule has 0 bridgehead atoms. The molecule has 1 aromatic carbocycles. The third-order valence-corrected chi connectivity index (χ3v) is 4.49. The van der Waals surface area contributed by atoms with Crippen LogP contribution in [-0.2, 0) is 17.8 Å². The van der Waals surface area contributed by atoms with Crippen molar-refractivity contribution < 1.29 is 4.79 Å². The maximum atomic E-state index is 12.7. The van der Waals surface area contributed by atoms with Gasteiger partial charge in [-0.2, -0.15) is 0 Å². The van der Waals surface area contributed by atoms with Gasteiger partial charge < -0.3 is 15.1 Å². The van der Waals surface area contributed by atoms with Crippen molar-refractivity contribution in [2.75, 3.05) is 26.7 Å². The molecule has 1 aromatic rings. The van der Waals surface area contributed by atoms with E-state index >= 15 is 0 Å². The van der Waals surface area contributed by atoms with E-state index in [0.29, 0.717) is 6.04 Å². The Hall–Kier alpha value is -1.39. The molecule has 0 radical (unpaired) electrons. The first-order valence-electron chi connectivity index (χ1n) is 7.44. The minimum atomic E-state index is -0.0595. The summed E-state index contributed by atoms with van der Waals surface area (Å²) in [7, 11) is 2.12. The van der Waals surface area contributed by atoms with Crippen molar-refractivity contribution in [3.05, 3.63) is 35.4 Å². The molecule has 0 aromatic heterocycles. The molecule has 108 valence electrons. The molecule has 4 heteroatoms. The number of fused-ring (bicyclic) bond motifs is 1. The number of carbonyl (C=O) groups is 1. The van der Waals surface area contributed by atoms with Crippen LogP contribution in [0.25, 0.3) is 0 Å². The molecular weight excluding hydrogens is 250 g/mol. The monoisotopic (exact) mass is 273 g/mol. The summed E-state index contributed by atoms with van der Waals surface area (Å²) in [5, 5.41) is 3.40. The van der Waals surface area contributed by atoms with E-state index in [1.807, 2.05) is 4.90 Å². The number of carbonyl (C=O) groups excluding carboxylic acids is 1. The van der Waals surface area contributed by atoms with Crippen LogP contribution in [0.2, 0.25) is 0 Å². The molecule has 1 N–H and O–H groups in total. The van der Waals surface area contributed by atoms with E-state index in [1.165, 1.54) is 11.1 Å². The van der Waals surface area contributed by atoms with Crippen molar-refractivity contribution >= 4 is 5.91 Å². The summed E-state index contributed by atoms with van der Waals surface area (Å²) < 4.78 is 0. The Morgan fingerprint density at radius 3 is 2.75 bits per heavy atom. The van der Waals surface area contributed by atoms with E-state index in [4.69, 9.17) is 0 Å². The molecule has 0 aliphatic carbocycles. The summed E-state index contributed by atoms with van der Waals surface area (Å²) in [5.41, 5.74) is 2.63. The van der Waals surface area contributed by atoms with Crippen LogP contribution in [0, 0.1) is 0 Å². The first-order chi connectivity index (χ1) is 9.65. The lowest BCUT2D eigenvalue weighted by molar-refractivity contribution is -0.137. The molecule has 0 spiro atoms. The smallest absolute Gasteiger partial charge is 0.240 e. The SMILES string of the molecule is CC1CN(C)CCN1C(=O)[C@H]1Cc2ccccc2CN1. The van der Waals surface area contributed by atoms with Crippen molar-refractivity contribution in [3.8, 4) is 0 Å². The quantitative estimate of drug-likeness (QED) is 0.824. The molecule has 0 saturated carbocycles. The summed E-state index contributed by atoms with van der Waals surface area (Å²) in [6.07, 6.45) is 0.814. The van der Waals surface area contributed by atoms with Crippen molar-refractivity contribution in [3.63, 3.8) is 0 Å². The fourth-order valence-corrected chi connectivity index (χ4v) is 3.30. The number of nitrogens with zero attached hydrogens (tertiary/aromatic N) is 2. The Balaban J connectivity index is 1.70. The first kappa shape index (κ1) is 13.6. The fourth-order valence-electron chi connectivity index (χ4n) is 3.30. The van der Waals surface area contributed by atoms with E-state index in [2.05, 4.69) is 48.5 Å². The third kappa shape index (κ3) is 2.58. The van der Waals surface area contributed by atoms with E-state index < -0.39 is 0 Å². The van der Waals surface area contributed by atoms with Gasteiger partial charge in [-0.05, 0) is 31.5 Å². The molecule has 20 heavy (non-hydrogen) atoms. The standard InChI is InChI=1S/C16H23N3O/c1-12-11-18(2)7-8-19(12)16(20)15-9-13-5-3-4-6-14(13)10-17-15/h3-6,12,15,17H,7-11H2,1-2H3/t12?,15-/m1/s1. The largest absolute Gasteiger partial charge is 0.336 e. The lowest BCUT2D eigenvalue weighted by atomic mass is 9.94. The number of piperazine rings is 1. The normalized spacial score (nSPS) is 27.2. The van der Waals surface area contributed by atoms with E-state index in [9.17, 15) is 4.79 Å². The van der Waals surface area contributed by atoms with Crippen LogP contribution in [-0.4, -0.2) is 54.5 Å². The lowest BCUT2D eigenvalue weighted by Gasteiger charge is -2.40. The highest BCUT2D eigenvalue weighted by molar-refractivity contribution is 5.83. The fraction of sp³-hybridized carbons (Fsp3) is 0.562. The van der Waals surface area contributed by atoms with Gasteiger partial charge in [0.15, 0.2) is 0 Å². The Morgan fingerprint density at radius 1 is 1.25 bits per heavy atom. The van der Waals surface area contributed by atoms with Crippen LogP contribution in [0.5, 0.6) is 0 Å². The molecular formula is C16H23N3O. The summed E-state index contributed by atoms with van der Waals surface area (Å²) in [5.74, 6) is 0.264. The number of nitrogens with one attached hydrogen (secondary N) is 1. The molecule has 1 amide bonds. The van der Waals surface area contributed by atoms with Gasteiger partial charge in [0.25, 0.3) is 0 Å². The second kappa shape index (κ2) is 5.54. The average molecular weight is 273 g/mol. The molecule has 3 rings (SSSR count). The van der Waals surface area contributed by atoms with Gasteiger partial charge in [-0.3, -0.25) is 4.79 Å². The van der Waals surface area contributed by atoms with E-state index in [-0.39, 0.29) is 11.9 Å². The van der Waals surface area contributed by atoms with Gasteiger partial charge in [0, 0.05) is 32.2 Å². The van der Waals surface area contributed by atoms with Crippen LogP contribution in [0.3, 0.4) is 0 Å². The average Bonchev–Trinajstić information content (AvgIpc) is 2.46. The van der Waals surface area contributed by atoms with Crippen LogP contribution in [0.4, 0.5) is 0 Å². The third-order valence-electron chi connectivity index (χ3n) is 4.49. The zero-order valence-electron chi connectivity index (χ0n) is 12.3. The van der Waals surface area contributed by atoms with Crippen molar-refractivity contribution in [2.45, 2.75) is 32.0 Å². The van der Waals surface area contributed by atoms with Crippen LogP contribution in [0.1, 0.15) is 18.1 Å². The minimum Gasteiger partial charge on any atom is -0.336 e. The molecule has 4 nitrogen and oxygen atoms in total. The highest BCUT2D eigenvalue weighted by atomic mass is 16.2. The Labute approximate surface area is 120 Å². The number of rotatable bonds is 1. The van der Waals surface area contributed by atoms with E-state index in [1.54, 1.807) is 0 Å². The molecule has 2 heterocycles. The molecule has 2 aliphatic rings. The highest BCUT2D eigenvalue weighted by Crippen LogP contribution is 2.19. The number of amides is 1. The number of benzene rings is 1. The zero-order valence-corrected chi connectivity index (χ0v) is 12.3. The number of hydrogen-bond acceptors (Lipinski definition) is 3. The second-order valence-corrected chi connectivity index (χ2v) is 6.05. The predicted molar refractivity (Wildman–Crippen MR) is 79.4 cm³/mol. The van der Waals surface area contributed by atoms with Gasteiger partial charge in [0.1, 0.15) is 0 Å². The van der Waals surface area contributed by atoms with Gasteiger partial charge in [-0.1, -0.05) is 24.3 Å². The van der Waals surface area contributed by atoms with Gasteiger partial charge in [-0.15, -0.1) is 0 Å². The zero-order chi connectivity index (χ0) is 14.1. The molecule has 2 aliphatic heterocycles. The number of likely N-dealkylation sites (N-methyl/N-ethyl adjacent to an activating group) is 1. The molecule has 1 fully saturated rings. The summed E-state index contributed by atoms with van der Waals surface area (Å²) in [4.78, 5) is 17.1. The molecule has 1 saturated heterocycles. The van der Waals surface area contributed by atoms with Crippen LogP contribution >= 0.6 is 0 Å². The summed E-state index contributed by atoms with van der Waals surface area (Å²) >= 11 is 0. The van der Waals surface area contributed by atoms with E-state index in [0.717, 1.165) is 32.6 Å². The lowest BCUT2D eigenvalue weighted by Crippen LogP contribution is -2.58. The van der Waals surface area contributed by atoms with Gasteiger partial charge in [0.2, 0.25) is 5.91 Å². The maximum Gasteiger partial charge on any atom is 0.240 e. The highest BCUT2D eigenvalue weighted by Gasteiger charge is 2.32. The topological polar surface area (TPSA) is 35.6 Å². The Bertz CT molecular complexity index is 502. The Morgan fingerprint density at radius 2 is 2.00 bits per heavy atom. The second-order valence-electron chi connectivity index (χ2n) is 6.05. The maximum absolute atomic E-state index is 12.7. The van der Waals surface area contributed by atoms with Gasteiger partial charge in [0.05, 0.1) is 6.04 Å². The number of hydrogen-bond donors (Lipinski definition) is 1. The summed E-state index contributed by atoms with van der Waals surface area (Å²) in [6, 6.07) is 8.65. The van der Waals surface area contributed by atoms with Crippen molar-refractivity contribution in [1.82, 2.24) is 15.1 Å². The van der Waals surface area contributed by atoms with Gasteiger partial charge in [-0.25, -0.2) is 0 Å². The Kier molecular flexibility index (Phi) is 3.76. The molecule has 1 unspecified atom stereocenters. The van der Waals surface area contributed by atoms with Crippen molar-refractivity contribution in [2.24, 2.45) is 0 Å². The van der Waals surface area contributed by atoms with Crippen LogP contribution in [0.15, 0.2) is 24.3 Å². The molecule has 2 atom stereocenters. The minimum absolute atomic E-state index is 0.0595. The van der Waals surface area contributed by atoms with Crippen molar-refractivity contribution in [1.29, 1.82) is 0 Å². The predicted octanol–water partition coefficient (Wildman–Crippen LogP) is 0.863. The van der Waals surface area contributed by atoms with Crippen LogP contribution < -0.4 is 5.32 Å². The first-order valence-corrected chi connectivity index (χ1v) is 7.44.